The highest BCUT2D eigenvalue weighted by Crippen LogP contribution is 2.31. The van der Waals surface area contributed by atoms with Gasteiger partial charge in [0.2, 0.25) is 0 Å². The molecule has 0 saturated heterocycles. The molecule has 5 nitrogen and oxygen atoms in total. The summed E-state index contributed by atoms with van der Waals surface area (Å²) in [6, 6.07) is 21.7. The van der Waals surface area contributed by atoms with Gasteiger partial charge in [0.1, 0.15) is 11.4 Å². The van der Waals surface area contributed by atoms with E-state index in [0.717, 1.165) is 16.7 Å². The molecule has 0 fully saturated rings. The van der Waals surface area contributed by atoms with Crippen molar-refractivity contribution in [3.8, 4) is 17.6 Å². The van der Waals surface area contributed by atoms with E-state index in [2.05, 4.69) is 16.8 Å². The lowest BCUT2D eigenvalue weighted by atomic mass is 10.1. The molecule has 0 amide bonds. The van der Waals surface area contributed by atoms with E-state index in [1.54, 1.807) is 6.21 Å². The highest BCUT2D eigenvalue weighted by atomic mass is 16.6. The number of non-ortho nitro benzene ring substituents is 1. The van der Waals surface area contributed by atoms with Crippen molar-refractivity contribution in [3.63, 3.8) is 0 Å². The summed E-state index contributed by atoms with van der Waals surface area (Å²) >= 11 is 0. The number of ether oxygens (including phenoxy) is 1. The van der Waals surface area contributed by atoms with E-state index in [-0.39, 0.29) is 5.69 Å². The van der Waals surface area contributed by atoms with Crippen LogP contribution >= 0.6 is 0 Å². The lowest BCUT2D eigenvalue weighted by Gasteiger charge is -2.03. The molecule has 0 saturated carbocycles. The molecule has 0 aromatic heterocycles. The Bertz CT molecular complexity index is 1030. The van der Waals surface area contributed by atoms with Crippen molar-refractivity contribution in [2.75, 3.05) is 7.11 Å². The first-order valence-corrected chi connectivity index (χ1v) is 8.19. The van der Waals surface area contributed by atoms with Gasteiger partial charge in [0.15, 0.2) is 0 Å². The summed E-state index contributed by atoms with van der Waals surface area (Å²) in [4.78, 5) is 14.8. The van der Waals surface area contributed by atoms with Crippen LogP contribution in [0.4, 0.5) is 11.4 Å². The maximum Gasteiger partial charge on any atom is 0.271 e. The molecule has 0 atom stereocenters. The number of methoxy groups -OCH3 is 1. The minimum Gasteiger partial charge on any atom is -0.494 e. The molecular weight excluding hydrogens is 340 g/mol. The van der Waals surface area contributed by atoms with E-state index in [9.17, 15) is 10.1 Å². The lowest BCUT2D eigenvalue weighted by Crippen LogP contribution is -1.90. The van der Waals surface area contributed by atoms with Crippen LogP contribution in [0.2, 0.25) is 0 Å². The Kier molecular flexibility index (Phi) is 5.60. The van der Waals surface area contributed by atoms with Crippen molar-refractivity contribution in [3.05, 3.63) is 99.6 Å². The van der Waals surface area contributed by atoms with Gasteiger partial charge in [-0.15, -0.1) is 0 Å². The van der Waals surface area contributed by atoms with Crippen molar-refractivity contribution < 1.29 is 9.66 Å². The van der Waals surface area contributed by atoms with Gasteiger partial charge >= 0.3 is 0 Å². The van der Waals surface area contributed by atoms with Crippen molar-refractivity contribution in [2.24, 2.45) is 4.99 Å². The summed E-state index contributed by atoms with van der Waals surface area (Å²) in [5.41, 5.74) is 3.08. The molecule has 0 radical (unpaired) electrons. The lowest BCUT2D eigenvalue weighted by molar-refractivity contribution is -0.384. The molecule has 0 aliphatic carbocycles. The van der Waals surface area contributed by atoms with Crippen molar-refractivity contribution in [1.82, 2.24) is 0 Å². The van der Waals surface area contributed by atoms with E-state index in [4.69, 9.17) is 4.74 Å². The molecule has 0 heterocycles. The Hall–Kier alpha value is -3.91. The Balaban J connectivity index is 1.78. The standard InChI is InChI=1S/C22H16N2O3/c1-27-22-14-13-20(24(25)26)15-21(22)23-16-19-11-9-18(10-12-19)8-7-17-5-3-2-4-6-17/h2-6,9-16H,1H3. The van der Waals surface area contributed by atoms with Crippen LogP contribution in [0.1, 0.15) is 16.7 Å². The van der Waals surface area contributed by atoms with Crippen LogP contribution < -0.4 is 4.74 Å². The van der Waals surface area contributed by atoms with E-state index in [0.29, 0.717) is 11.4 Å². The quantitative estimate of drug-likeness (QED) is 0.293. The molecule has 3 aromatic carbocycles. The van der Waals surface area contributed by atoms with Gasteiger partial charge in [-0.2, -0.15) is 0 Å². The summed E-state index contributed by atoms with van der Waals surface area (Å²) in [7, 11) is 1.50. The third kappa shape index (κ3) is 4.80. The first-order chi connectivity index (χ1) is 13.2. The van der Waals surface area contributed by atoms with Crippen LogP contribution in [-0.4, -0.2) is 18.2 Å². The van der Waals surface area contributed by atoms with E-state index >= 15 is 0 Å². The number of hydrogen-bond acceptors (Lipinski definition) is 4. The number of rotatable bonds is 4. The van der Waals surface area contributed by atoms with Crippen LogP contribution in [0, 0.1) is 22.0 Å². The molecule has 3 rings (SSSR count). The molecule has 0 N–H and O–H groups in total. The van der Waals surface area contributed by atoms with Gasteiger partial charge in [-0.05, 0) is 35.9 Å². The normalized spacial score (nSPS) is 10.3. The summed E-state index contributed by atoms with van der Waals surface area (Å²) in [6.07, 6.45) is 1.63. The average Bonchev–Trinajstić information content (AvgIpc) is 2.72. The zero-order valence-electron chi connectivity index (χ0n) is 14.6. The molecule has 5 heteroatoms. The largest absolute Gasteiger partial charge is 0.494 e. The number of nitrogens with zero attached hydrogens (tertiary/aromatic N) is 2. The second kappa shape index (κ2) is 8.45. The van der Waals surface area contributed by atoms with Crippen molar-refractivity contribution in [1.29, 1.82) is 0 Å². The Morgan fingerprint density at radius 1 is 0.963 bits per heavy atom. The Morgan fingerprint density at radius 2 is 1.63 bits per heavy atom. The molecule has 27 heavy (non-hydrogen) atoms. The van der Waals surface area contributed by atoms with E-state index in [1.165, 1.54) is 25.3 Å². The number of benzene rings is 3. The van der Waals surface area contributed by atoms with Gasteiger partial charge in [-0.1, -0.05) is 42.2 Å². The van der Waals surface area contributed by atoms with Gasteiger partial charge in [0, 0.05) is 29.5 Å². The summed E-state index contributed by atoms with van der Waals surface area (Å²) < 4.78 is 5.21. The summed E-state index contributed by atoms with van der Waals surface area (Å²) in [5.74, 6) is 6.69. The highest BCUT2D eigenvalue weighted by molar-refractivity contribution is 5.83. The topological polar surface area (TPSA) is 64.7 Å². The minimum absolute atomic E-state index is 0.0329. The molecule has 3 aromatic rings. The molecular formula is C22H16N2O3. The fraction of sp³-hybridized carbons (Fsp3) is 0.0455. The van der Waals surface area contributed by atoms with Crippen LogP contribution in [0.3, 0.4) is 0 Å². The maximum atomic E-state index is 10.9. The van der Waals surface area contributed by atoms with Crippen LogP contribution in [-0.2, 0) is 0 Å². The number of nitro benzene ring substituents is 1. The predicted molar refractivity (Wildman–Crippen MR) is 106 cm³/mol. The first kappa shape index (κ1) is 17.9. The summed E-state index contributed by atoms with van der Waals surface area (Å²) in [6.45, 7) is 0. The van der Waals surface area contributed by atoms with Crippen LogP contribution in [0.5, 0.6) is 5.75 Å². The fourth-order valence-electron chi connectivity index (χ4n) is 2.36. The monoisotopic (exact) mass is 356 g/mol. The molecule has 0 aliphatic heterocycles. The molecule has 0 aliphatic rings. The van der Waals surface area contributed by atoms with Crippen molar-refractivity contribution in [2.45, 2.75) is 0 Å². The van der Waals surface area contributed by atoms with E-state index < -0.39 is 4.92 Å². The minimum atomic E-state index is -0.460. The number of nitro groups is 1. The number of hydrogen-bond donors (Lipinski definition) is 0. The van der Waals surface area contributed by atoms with Gasteiger partial charge in [0.05, 0.1) is 12.0 Å². The predicted octanol–water partition coefficient (Wildman–Crippen LogP) is 4.75. The zero-order valence-corrected chi connectivity index (χ0v) is 14.6. The average molecular weight is 356 g/mol. The van der Waals surface area contributed by atoms with Gasteiger partial charge in [0.25, 0.3) is 5.69 Å². The summed E-state index contributed by atoms with van der Waals surface area (Å²) in [5, 5.41) is 10.9. The third-order valence-electron chi connectivity index (χ3n) is 3.76. The Labute approximate surface area is 157 Å². The fourth-order valence-corrected chi connectivity index (χ4v) is 2.36. The molecule has 0 spiro atoms. The maximum absolute atomic E-state index is 10.9. The smallest absolute Gasteiger partial charge is 0.271 e. The third-order valence-corrected chi connectivity index (χ3v) is 3.76. The second-order valence-electron chi connectivity index (χ2n) is 5.61. The van der Waals surface area contributed by atoms with E-state index in [1.807, 2.05) is 54.6 Å². The zero-order chi connectivity index (χ0) is 19.1. The molecule has 0 unspecified atom stereocenters. The second-order valence-corrected chi connectivity index (χ2v) is 5.61. The SMILES string of the molecule is COc1ccc([N+](=O)[O-])cc1N=Cc1ccc(C#Cc2ccccc2)cc1. The molecule has 132 valence electrons. The van der Waals surface area contributed by atoms with Gasteiger partial charge in [-0.3, -0.25) is 15.1 Å². The first-order valence-electron chi connectivity index (χ1n) is 8.19. The Morgan fingerprint density at radius 3 is 2.26 bits per heavy atom. The highest BCUT2D eigenvalue weighted by Gasteiger charge is 2.10. The van der Waals surface area contributed by atoms with Gasteiger partial charge < -0.3 is 4.74 Å². The molecule has 0 bridgehead atoms. The number of aliphatic imine (C=N–C) groups is 1. The van der Waals surface area contributed by atoms with Crippen LogP contribution in [0.15, 0.2) is 77.8 Å². The van der Waals surface area contributed by atoms with Crippen LogP contribution in [0.25, 0.3) is 0 Å². The van der Waals surface area contributed by atoms with Gasteiger partial charge in [-0.25, -0.2) is 0 Å². The van der Waals surface area contributed by atoms with Crippen molar-refractivity contribution >= 4 is 17.6 Å².